The minimum Gasteiger partial charge on any atom is -0.452 e. The highest BCUT2D eigenvalue weighted by Crippen LogP contribution is 2.32. The van der Waals surface area contributed by atoms with Gasteiger partial charge in [0.05, 0.1) is 17.6 Å². The molecular formula is C16H22N2O6S. The van der Waals surface area contributed by atoms with E-state index in [4.69, 9.17) is 4.74 Å². The van der Waals surface area contributed by atoms with Crippen LogP contribution < -0.4 is 5.32 Å². The van der Waals surface area contributed by atoms with E-state index >= 15 is 0 Å². The van der Waals surface area contributed by atoms with Gasteiger partial charge in [0.25, 0.3) is 15.9 Å². The van der Waals surface area contributed by atoms with Crippen molar-refractivity contribution in [2.75, 3.05) is 20.8 Å². The molecular weight excluding hydrogens is 348 g/mol. The third kappa shape index (κ3) is 5.00. The molecule has 0 saturated heterocycles. The van der Waals surface area contributed by atoms with Crippen LogP contribution in [-0.4, -0.2) is 51.6 Å². The molecule has 1 amide bonds. The van der Waals surface area contributed by atoms with Gasteiger partial charge in [0.2, 0.25) is 0 Å². The van der Waals surface area contributed by atoms with Gasteiger partial charge in [0.15, 0.2) is 6.61 Å². The van der Waals surface area contributed by atoms with Crippen molar-refractivity contribution < 1.29 is 27.6 Å². The molecule has 0 radical (unpaired) electrons. The topological polar surface area (TPSA) is 102 Å². The number of esters is 1. The number of hydroxylamine groups is 1. The van der Waals surface area contributed by atoms with E-state index in [2.05, 4.69) is 10.2 Å². The molecule has 1 fully saturated rings. The van der Waals surface area contributed by atoms with E-state index in [0.717, 1.165) is 12.8 Å². The van der Waals surface area contributed by atoms with Gasteiger partial charge in [-0.15, -0.1) is 0 Å². The summed E-state index contributed by atoms with van der Waals surface area (Å²) in [5, 5.41) is 2.78. The summed E-state index contributed by atoms with van der Waals surface area (Å²) in [6.45, 7) is 1.55. The van der Waals surface area contributed by atoms with Crippen LogP contribution in [0.15, 0.2) is 29.2 Å². The van der Waals surface area contributed by atoms with Crippen molar-refractivity contribution in [3.05, 3.63) is 29.8 Å². The second-order valence-corrected chi connectivity index (χ2v) is 7.83. The number of amides is 1. The standard InChI is InChI=1S/C16H22N2O6S/c1-11(12-4-5-12)17-15(19)10-24-16(20)13-6-8-14(9-7-13)25(21,22)18(2)23-3/h6-9,11-12H,4-5,10H2,1-3H3,(H,17,19)/t11-/m1/s1. The van der Waals surface area contributed by atoms with Gasteiger partial charge < -0.3 is 10.1 Å². The Morgan fingerprint density at radius 2 is 1.88 bits per heavy atom. The molecule has 1 aliphatic carbocycles. The molecule has 25 heavy (non-hydrogen) atoms. The highest BCUT2D eigenvalue weighted by molar-refractivity contribution is 7.89. The monoisotopic (exact) mass is 370 g/mol. The molecule has 138 valence electrons. The molecule has 1 aliphatic rings. The molecule has 1 saturated carbocycles. The zero-order chi connectivity index (χ0) is 18.6. The third-order valence-electron chi connectivity index (χ3n) is 4.04. The lowest BCUT2D eigenvalue weighted by Crippen LogP contribution is -2.37. The lowest BCUT2D eigenvalue weighted by atomic mass is 10.2. The number of rotatable bonds is 8. The molecule has 0 unspecified atom stereocenters. The molecule has 1 atom stereocenters. The molecule has 9 heteroatoms. The maximum absolute atomic E-state index is 12.1. The molecule has 1 aromatic carbocycles. The Morgan fingerprint density at radius 3 is 2.40 bits per heavy atom. The smallest absolute Gasteiger partial charge is 0.338 e. The predicted molar refractivity (Wildman–Crippen MR) is 89.0 cm³/mol. The SMILES string of the molecule is CON(C)S(=O)(=O)c1ccc(C(=O)OCC(=O)N[C@H](C)C2CC2)cc1. The Labute approximate surface area is 147 Å². The number of ether oxygens (including phenoxy) is 1. The Balaban J connectivity index is 1.90. The minimum absolute atomic E-state index is 0.0237. The van der Waals surface area contributed by atoms with E-state index in [1.54, 1.807) is 0 Å². The van der Waals surface area contributed by atoms with Gasteiger partial charge in [-0.25, -0.2) is 13.2 Å². The summed E-state index contributed by atoms with van der Waals surface area (Å²) in [6, 6.07) is 5.27. The second kappa shape index (κ2) is 7.94. The number of hydrogen-bond acceptors (Lipinski definition) is 6. The summed E-state index contributed by atoms with van der Waals surface area (Å²) in [7, 11) is -1.28. The van der Waals surface area contributed by atoms with Crippen LogP contribution in [0.2, 0.25) is 0 Å². The molecule has 1 aromatic rings. The molecule has 1 N–H and O–H groups in total. The normalized spacial score (nSPS) is 15.7. The van der Waals surface area contributed by atoms with E-state index in [-0.39, 0.29) is 29.0 Å². The zero-order valence-electron chi connectivity index (χ0n) is 14.4. The van der Waals surface area contributed by atoms with Gasteiger partial charge in [-0.1, -0.05) is 4.47 Å². The van der Waals surface area contributed by atoms with Crippen molar-refractivity contribution >= 4 is 21.9 Å². The van der Waals surface area contributed by atoms with Gasteiger partial charge in [-0.3, -0.25) is 9.63 Å². The maximum Gasteiger partial charge on any atom is 0.338 e. The highest BCUT2D eigenvalue weighted by Gasteiger charge is 2.29. The van der Waals surface area contributed by atoms with Crippen molar-refractivity contribution in [3.8, 4) is 0 Å². The Bertz CT molecular complexity index is 727. The van der Waals surface area contributed by atoms with Gasteiger partial charge in [0.1, 0.15) is 0 Å². The molecule has 0 spiro atoms. The van der Waals surface area contributed by atoms with Crippen molar-refractivity contribution in [2.45, 2.75) is 30.7 Å². The first-order chi connectivity index (χ1) is 11.8. The number of carbonyl (C=O) groups excluding carboxylic acids is 2. The maximum atomic E-state index is 12.1. The molecule has 2 rings (SSSR count). The van der Waals surface area contributed by atoms with Crippen LogP contribution in [0, 0.1) is 5.92 Å². The van der Waals surface area contributed by atoms with Gasteiger partial charge >= 0.3 is 5.97 Å². The summed E-state index contributed by atoms with van der Waals surface area (Å²) < 4.78 is 29.8. The van der Waals surface area contributed by atoms with Gasteiger partial charge in [0, 0.05) is 13.1 Å². The van der Waals surface area contributed by atoms with Crippen molar-refractivity contribution in [1.29, 1.82) is 0 Å². The molecule has 8 nitrogen and oxygen atoms in total. The first kappa shape index (κ1) is 19.4. The summed E-state index contributed by atoms with van der Waals surface area (Å²) in [5.41, 5.74) is 0.155. The number of nitrogens with one attached hydrogen (secondary N) is 1. The molecule has 0 aromatic heterocycles. The lowest BCUT2D eigenvalue weighted by Gasteiger charge is -2.14. The van der Waals surface area contributed by atoms with E-state index in [1.165, 1.54) is 38.4 Å². The van der Waals surface area contributed by atoms with E-state index in [1.807, 2.05) is 6.92 Å². The molecule has 0 bridgehead atoms. The Morgan fingerprint density at radius 1 is 1.28 bits per heavy atom. The Kier molecular flexibility index (Phi) is 6.15. The number of nitrogens with zero attached hydrogens (tertiary/aromatic N) is 1. The number of hydrogen-bond donors (Lipinski definition) is 1. The van der Waals surface area contributed by atoms with Crippen LogP contribution in [0.1, 0.15) is 30.1 Å². The summed E-state index contributed by atoms with van der Waals surface area (Å²) in [4.78, 5) is 28.3. The van der Waals surface area contributed by atoms with Crippen molar-refractivity contribution in [1.82, 2.24) is 9.79 Å². The number of sulfonamides is 1. The summed E-state index contributed by atoms with van der Waals surface area (Å²) >= 11 is 0. The third-order valence-corrected chi connectivity index (χ3v) is 5.73. The number of benzene rings is 1. The fourth-order valence-electron chi connectivity index (χ4n) is 2.23. The van der Waals surface area contributed by atoms with Gasteiger partial charge in [-0.05, 0) is 49.9 Å². The molecule has 0 aliphatic heterocycles. The van der Waals surface area contributed by atoms with Crippen LogP contribution >= 0.6 is 0 Å². The quantitative estimate of drug-likeness (QED) is 0.540. The van der Waals surface area contributed by atoms with E-state index < -0.39 is 16.0 Å². The minimum atomic E-state index is -3.78. The van der Waals surface area contributed by atoms with E-state index in [9.17, 15) is 18.0 Å². The fourth-order valence-corrected chi connectivity index (χ4v) is 3.21. The summed E-state index contributed by atoms with van der Waals surface area (Å²) in [5.74, 6) is -0.536. The largest absolute Gasteiger partial charge is 0.452 e. The van der Waals surface area contributed by atoms with E-state index in [0.29, 0.717) is 10.4 Å². The average molecular weight is 370 g/mol. The first-order valence-electron chi connectivity index (χ1n) is 7.85. The first-order valence-corrected chi connectivity index (χ1v) is 9.29. The van der Waals surface area contributed by atoms with Crippen LogP contribution in [0.25, 0.3) is 0 Å². The van der Waals surface area contributed by atoms with Crippen molar-refractivity contribution in [3.63, 3.8) is 0 Å². The van der Waals surface area contributed by atoms with Gasteiger partial charge in [-0.2, -0.15) is 0 Å². The fraction of sp³-hybridized carbons (Fsp3) is 0.500. The van der Waals surface area contributed by atoms with Crippen molar-refractivity contribution in [2.24, 2.45) is 5.92 Å². The average Bonchev–Trinajstić information content (AvgIpc) is 3.44. The predicted octanol–water partition coefficient (Wildman–Crippen LogP) is 0.940. The lowest BCUT2D eigenvalue weighted by molar-refractivity contribution is -0.124. The summed E-state index contributed by atoms with van der Waals surface area (Å²) in [6.07, 6.45) is 2.21. The van der Waals surface area contributed by atoms with Crippen LogP contribution in [0.5, 0.6) is 0 Å². The highest BCUT2D eigenvalue weighted by atomic mass is 32.2. The van der Waals surface area contributed by atoms with Crippen LogP contribution in [0.4, 0.5) is 0 Å². The zero-order valence-corrected chi connectivity index (χ0v) is 15.2. The van der Waals surface area contributed by atoms with Crippen LogP contribution in [0.3, 0.4) is 0 Å². The Hall–Kier alpha value is -1.97. The number of carbonyl (C=O) groups is 2. The van der Waals surface area contributed by atoms with Crippen LogP contribution in [-0.2, 0) is 24.4 Å². The molecule has 0 heterocycles. The second-order valence-electron chi connectivity index (χ2n) is 5.89.